The Morgan fingerprint density at radius 2 is 2.00 bits per heavy atom. The highest BCUT2D eigenvalue weighted by molar-refractivity contribution is 5.32. The molecule has 0 aliphatic heterocycles. The molecule has 1 rings (SSSR count). The van der Waals surface area contributed by atoms with E-state index in [2.05, 4.69) is 39.0 Å². The van der Waals surface area contributed by atoms with Gasteiger partial charge in [-0.3, -0.25) is 0 Å². The van der Waals surface area contributed by atoms with E-state index in [-0.39, 0.29) is 6.04 Å². The van der Waals surface area contributed by atoms with E-state index in [0.717, 1.165) is 12.8 Å². The third-order valence-electron chi connectivity index (χ3n) is 2.28. The van der Waals surface area contributed by atoms with Gasteiger partial charge in [-0.25, -0.2) is 0 Å². The quantitative estimate of drug-likeness (QED) is 0.754. The maximum Gasteiger partial charge on any atom is 0.00510 e. The highest BCUT2D eigenvalue weighted by atomic mass is 14.6. The molecule has 1 heteroatoms. The van der Waals surface area contributed by atoms with E-state index in [9.17, 15) is 0 Å². The van der Waals surface area contributed by atoms with E-state index >= 15 is 0 Å². The van der Waals surface area contributed by atoms with Gasteiger partial charge in [0.25, 0.3) is 0 Å². The molecule has 0 aromatic heterocycles. The predicted molar refractivity (Wildman–Crippen MR) is 57.9 cm³/mol. The molecule has 0 aliphatic rings. The van der Waals surface area contributed by atoms with Crippen LogP contribution in [-0.2, 0) is 12.8 Å². The Balaban J connectivity index is 2.92. The zero-order valence-electron chi connectivity index (χ0n) is 8.80. The Kier molecular flexibility index (Phi) is 3.49. The summed E-state index contributed by atoms with van der Waals surface area (Å²) in [5.41, 5.74) is 9.97. The number of nitrogens with two attached hydrogens (primary N) is 1. The van der Waals surface area contributed by atoms with Crippen molar-refractivity contribution >= 4 is 0 Å². The van der Waals surface area contributed by atoms with Crippen molar-refractivity contribution in [2.24, 2.45) is 5.73 Å². The van der Waals surface area contributed by atoms with Crippen molar-refractivity contribution in [1.82, 2.24) is 0 Å². The maximum absolute atomic E-state index is 5.79. The fourth-order valence-corrected chi connectivity index (χ4v) is 1.63. The molecule has 1 nitrogen and oxygen atoms in total. The number of benzene rings is 1. The number of hydrogen-bond donors (Lipinski definition) is 1. The zero-order valence-corrected chi connectivity index (χ0v) is 8.80. The van der Waals surface area contributed by atoms with Crippen LogP contribution in [-0.4, -0.2) is 6.04 Å². The molecular weight excluding hydrogens is 158 g/mol. The molecule has 1 unspecified atom stereocenters. The van der Waals surface area contributed by atoms with Gasteiger partial charge in [0.15, 0.2) is 0 Å². The minimum absolute atomic E-state index is 0.257. The molecule has 0 saturated heterocycles. The van der Waals surface area contributed by atoms with Gasteiger partial charge >= 0.3 is 0 Å². The molecule has 0 bridgehead atoms. The van der Waals surface area contributed by atoms with E-state index in [0.29, 0.717) is 0 Å². The topological polar surface area (TPSA) is 26.0 Å². The van der Waals surface area contributed by atoms with Crippen LogP contribution in [0.15, 0.2) is 18.2 Å². The molecule has 0 amide bonds. The van der Waals surface area contributed by atoms with E-state index in [1.165, 1.54) is 16.7 Å². The van der Waals surface area contributed by atoms with Crippen molar-refractivity contribution in [2.75, 3.05) is 0 Å². The van der Waals surface area contributed by atoms with Crippen LogP contribution in [0.1, 0.15) is 30.5 Å². The van der Waals surface area contributed by atoms with Crippen molar-refractivity contribution in [3.8, 4) is 0 Å². The van der Waals surface area contributed by atoms with Gasteiger partial charge < -0.3 is 5.73 Å². The minimum Gasteiger partial charge on any atom is -0.328 e. The van der Waals surface area contributed by atoms with Crippen LogP contribution in [0.25, 0.3) is 0 Å². The number of rotatable bonds is 3. The van der Waals surface area contributed by atoms with Gasteiger partial charge in [-0.1, -0.05) is 30.7 Å². The van der Waals surface area contributed by atoms with Gasteiger partial charge in [0.05, 0.1) is 0 Å². The molecule has 0 saturated carbocycles. The Morgan fingerprint density at radius 1 is 1.31 bits per heavy atom. The highest BCUT2D eigenvalue weighted by Gasteiger charge is 2.03. The molecule has 0 fully saturated rings. The summed E-state index contributed by atoms with van der Waals surface area (Å²) in [5.74, 6) is 0. The average molecular weight is 177 g/mol. The van der Waals surface area contributed by atoms with E-state index in [4.69, 9.17) is 5.73 Å². The van der Waals surface area contributed by atoms with Crippen molar-refractivity contribution in [3.05, 3.63) is 34.9 Å². The molecule has 0 heterocycles. The SMILES string of the molecule is CCc1cc(C)ccc1CC(C)N. The van der Waals surface area contributed by atoms with Gasteiger partial charge in [0.2, 0.25) is 0 Å². The molecule has 0 aliphatic carbocycles. The Morgan fingerprint density at radius 3 is 2.54 bits per heavy atom. The van der Waals surface area contributed by atoms with Gasteiger partial charge in [0.1, 0.15) is 0 Å². The smallest absolute Gasteiger partial charge is 0.00510 e. The first-order valence-electron chi connectivity index (χ1n) is 4.97. The van der Waals surface area contributed by atoms with E-state index < -0.39 is 0 Å². The molecule has 2 N–H and O–H groups in total. The normalized spacial score (nSPS) is 12.9. The summed E-state index contributed by atoms with van der Waals surface area (Å²) in [4.78, 5) is 0. The molecule has 13 heavy (non-hydrogen) atoms. The average Bonchev–Trinajstić information content (AvgIpc) is 2.07. The third-order valence-corrected chi connectivity index (χ3v) is 2.28. The fraction of sp³-hybridized carbons (Fsp3) is 0.500. The van der Waals surface area contributed by atoms with Crippen LogP contribution < -0.4 is 5.73 Å². The van der Waals surface area contributed by atoms with Crippen LogP contribution in [0, 0.1) is 6.92 Å². The van der Waals surface area contributed by atoms with Crippen molar-refractivity contribution in [3.63, 3.8) is 0 Å². The van der Waals surface area contributed by atoms with Crippen molar-refractivity contribution in [1.29, 1.82) is 0 Å². The lowest BCUT2D eigenvalue weighted by Gasteiger charge is -2.10. The summed E-state index contributed by atoms with van der Waals surface area (Å²) in [6, 6.07) is 6.89. The lowest BCUT2D eigenvalue weighted by Crippen LogP contribution is -2.18. The molecule has 1 atom stereocenters. The summed E-state index contributed by atoms with van der Waals surface area (Å²) in [5, 5.41) is 0. The third kappa shape index (κ3) is 2.85. The molecular formula is C12H19N. The number of aryl methyl sites for hydroxylation is 2. The number of hydrogen-bond acceptors (Lipinski definition) is 1. The summed E-state index contributed by atoms with van der Waals surface area (Å²) < 4.78 is 0. The minimum atomic E-state index is 0.257. The lowest BCUT2D eigenvalue weighted by molar-refractivity contribution is 0.731. The standard InChI is InChI=1S/C12H19N/c1-4-11-7-9(2)5-6-12(11)8-10(3)13/h5-7,10H,4,8,13H2,1-3H3. The summed E-state index contributed by atoms with van der Waals surface area (Å²) >= 11 is 0. The monoisotopic (exact) mass is 177 g/mol. The first kappa shape index (κ1) is 10.3. The largest absolute Gasteiger partial charge is 0.328 e. The first-order valence-corrected chi connectivity index (χ1v) is 4.97. The lowest BCUT2D eigenvalue weighted by atomic mass is 9.98. The molecule has 72 valence electrons. The van der Waals surface area contributed by atoms with Gasteiger partial charge in [-0.2, -0.15) is 0 Å². The first-order chi connectivity index (χ1) is 6.13. The Labute approximate surface area is 81.0 Å². The van der Waals surface area contributed by atoms with Crippen molar-refractivity contribution in [2.45, 2.75) is 39.7 Å². The summed E-state index contributed by atoms with van der Waals surface area (Å²) in [7, 11) is 0. The van der Waals surface area contributed by atoms with E-state index in [1.807, 2.05) is 0 Å². The summed E-state index contributed by atoms with van der Waals surface area (Å²) in [6.45, 7) is 6.38. The molecule has 1 aromatic rings. The van der Waals surface area contributed by atoms with Crippen LogP contribution >= 0.6 is 0 Å². The fourth-order valence-electron chi connectivity index (χ4n) is 1.63. The van der Waals surface area contributed by atoms with Crippen molar-refractivity contribution < 1.29 is 0 Å². The van der Waals surface area contributed by atoms with Crippen LogP contribution in [0.5, 0.6) is 0 Å². The summed E-state index contributed by atoms with van der Waals surface area (Å²) in [6.07, 6.45) is 2.09. The molecule has 0 radical (unpaired) electrons. The zero-order chi connectivity index (χ0) is 9.84. The second-order valence-electron chi connectivity index (χ2n) is 3.81. The van der Waals surface area contributed by atoms with Gasteiger partial charge in [-0.05, 0) is 37.8 Å². The van der Waals surface area contributed by atoms with Crippen LogP contribution in [0.2, 0.25) is 0 Å². The molecule has 0 spiro atoms. The maximum atomic E-state index is 5.79. The second-order valence-corrected chi connectivity index (χ2v) is 3.81. The van der Waals surface area contributed by atoms with E-state index in [1.54, 1.807) is 0 Å². The van der Waals surface area contributed by atoms with Crippen LogP contribution in [0.4, 0.5) is 0 Å². The second kappa shape index (κ2) is 4.43. The van der Waals surface area contributed by atoms with Gasteiger partial charge in [0, 0.05) is 6.04 Å². The Bertz CT molecular complexity index is 276. The predicted octanol–water partition coefficient (Wildman–Crippen LogP) is 2.45. The molecule has 1 aromatic carbocycles. The Hall–Kier alpha value is -0.820. The van der Waals surface area contributed by atoms with Crippen LogP contribution in [0.3, 0.4) is 0 Å². The highest BCUT2D eigenvalue weighted by Crippen LogP contribution is 2.13. The van der Waals surface area contributed by atoms with Gasteiger partial charge in [-0.15, -0.1) is 0 Å².